The molecule has 0 amide bonds. The van der Waals surface area contributed by atoms with Crippen molar-refractivity contribution in [3.05, 3.63) is 28.5 Å². The van der Waals surface area contributed by atoms with Crippen LogP contribution in [0.15, 0.2) is 26.5 Å². The summed E-state index contributed by atoms with van der Waals surface area (Å²) in [6.45, 7) is 2.03. The van der Waals surface area contributed by atoms with E-state index in [2.05, 4.69) is 25.3 Å². The first kappa shape index (κ1) is 12.4. The highest BCUT2D eigenvalue weighted by Crippen LogP contribution is 2.22. The van der Waals surface area contributed by atoms with Crippen molar-refractivity contribution in [1.82, 2.24) is 25.3 Å². The van der Waals surface area contributed by atoms with E-state index in [4.69, 9.17) is 4.52 Å². The fourth-order valence-electron chi connectivity index (χ4n) is 1.45. The summed E-state index contributed by atoms with van der Waals surface area (Å²) >= 11 is 3.08. The van der Waals surface area contributed by atoms with Crippen LogP contribution in [-0.4, -0.2) is 25.3 Å². The van der Waals surface area contributed by atoms with Crippen LogP contribution in [0.4, 0.5) is 0 Å². The van der Waals surface area contributed by atoms with E-state index in [1.54, 1.807) is 11.3 Å². The van der Waals surface area contributed by atoms with Gasteiger partial charge in [0.25, 0.3) is 0 Å². The number of nitrogens with zero attached hydrogens (tertiary/aromatic N) is 4. The Balaban J connectivity index is 1.64. The minimum Gasteiger partial charge on any atom is -0.338 e. The van der Waals surface area contributed by atoms with Crippen LogP contribution in [0, 0.1) is 0 Å². The van der Waals surface area contributed by atoms with Gasteiger partial charge in [-0.3, -0.25) is 5.10 Å². The molecule has 98 valence electrons. The van der Waals surface area contributed by atoms with Crippen molar-refractivity contribution in [2.45, 2.75) is 24.3 Å². The summed E-state index contributed by atoms with van der Waals surface area (Å²) in [7, 11) is 0. The van der Waals surface area contributed by atoms with Gasteiger partial charge in [0.15, 0.2) is 0 Å². The summed E-state index contributed by atoms with van der Waals surface area (Å²) < 4.78 is 5.20. The van der Waals surface area contributed by atoms with Crippen molar-refractivity contribution in [3.8, 4) is 11.4 Å². The van der Waals surface area contributed by atoms with E-state index < -0.39 is 0 Å². The smallest absolute Gasteiger partial charge is 0.237 e. The largest absolute Gasteiger partial charge is 0.338 e. The number of hydrogen-bond donors (Lipinski definition) is 1. The molecule has 19 heavy (non-hydrogen) atoms. The Bertz CT molecular complexity index is 646. The van der Waals surface area contributed by atoms with E-state index in [1.165, 1.54) is 11.8 Å². The highest BCUT2D eigenvalue weighted by Gasteiger charge is 2.10. The predicted molar refractivity (Wildman–Crippen MR) is 72.9 cm³/mol. The third-order valence-electron chi connectivity index (χ3n) is 2.42. The van der Waals surface area contributed by atoms with Crippen molar-refractivity contribution in [2.24, 2.45) is 0 Å². The minimum atomic E-state index is 0.568. The summed E-state index contributed by atoms with van der Waals surface area (Å²) in [6, 6.07) is 1.97. The van der Waals surface area contributed by atoms with E-state index >= 15 is 0 Å². The number of hydrogen-bond acceptors (Lipinski definition) is 7. The maximum Gasteiger partial charge on any atom is 0.237 e. The van der Waals surface area contributed by atoms with Crippen LogP contribution in [0.1, 0.15) is 18.6 Å². The molecule has 3 aromatic heterocycles. The fraction of sp³-hybridized carbons (Fsp3) is 0.273. The molecule has 0 bridgehead atoms. The quantitative estimate of drug-likeness (QED) is 0.729. The molecule has 0 aromatic carbocycles. The van der Waals surface area contributed by atoms with Crippen LogP contribution in [-0.2, 0) is 12.2 Å². The summed E-state index contributed by atoms with van der Waals surface area (Å²) in [5.74, 6) is 2.65. The van der Waals surface area contributed by atoms with Gasteiger partial charge in [-0.1, -0.05) is 23.8 Å². The second kappa shape index (κ2) is 5.54. The van der Waals surface area contributed by atoms with Crippen molar-refractivity contribution in [3.63, 3.8) is 0 Å². The second-order valence-corrected chi connectivity index (χ2v) is 5.45. The van der Waals surface area contributed by atoms with Crippen LogP contribution < -0.4 is 0 Å². The first-order valence-electron chi connectivity index (χ1n) is 5.74. The average molecular weight is 293 g/mol. The van der Waals surface area contributed by atoms with Crippen LogP contribution >= 0.6 is 23.1 Å². The molecule has 0 saturated carbocycles. The molecular weight excluding hydrogens is 282 g/mol. The van der Waals surface area contributed by atoms with Gasteiger partial charge in [-0.15, -0.1) is 5.10 Å². The van der Waals surface area contributed by atoms with Crippen LogP contribution in [0.25, 0.3) is 11.4 Å². The van der Waals surface area contributed by atoms with Gasteiger partial charge in [-0.05, 0) is 11.4 Å². The fourth-order valence-corrected chi connectivity index (χ4v) is 2.74. The Hall–Kier alpha value is -1.67. The molecule has 8 heteroatoms. The molecule has 0 aliphatic heterocycles. The second-order valence-electron chi connectivity index (χ2n) is 3.73. The van der Waals surface area contributed by atoms with Gasteiger partial charge in [0.1, 0.15) is 5.82 Å². The third kappa shape index (κ3) is 2.85. The number of H-pyrrole nitrogens is 1. The zero-order chi connectivity index (χ0) is 13.1. The Morgan fingerprint density at radius 1 is 1.42 bits per heavy atom. The third-order valence-corrected chi connectivity index (χ3v) is 3.93. The lowest BCUT2D eigenvalue weighted by atomic mass is 10.3. The number of aryl methyl sites for hydroxylation is 1. The van der Waals surface area contributed by atoms with E-state index in [0.29, 0.717) is 22.6 Å². The lowest BCUT2D eigenvalue weighted by Gasteiger charge is -1.89. The van der Waals surface area contributed by atoms with E-state index in [9.17, 15) is 0 Å². The average Bonchev–Trinajstić information content (AvgIpc) is 3.16. The number of aromatic nitrogens is 5. The molecule has 0 radical (unpaired) electrons. The predicted octanol–water partition coefficient (Wildman–Crippen LogP) is 2.77. The SMILES string of the molecule is CCc1nc(SCc2nc(-c3ccsc3)no2)n[nH]1. The Morgan fingerprint density at radius 2 is 2.37 bits per heavy atom. The molecule has 3 aromatic rings. The molecule has 6 nitrogen and oxygen atoms in total. The minimum absolute atomic E-state index is 0.568. The molecule has 0 atom stereocenters. The summed E-state index contributed by atoms with van der Waals surface area (Å²) in [4.78, 5) is 8.65. The number of aromatic amines is 1. The molecule has 0 unspecified atom stereocenters. The summed E-state index contributed by atoms with van der Waals surface area (Å²) in [6.07, 6.45) is 0.844. The van der Waals surface area contributed by atoms with Gasteiger partial charge in [-0.2, -0.15) is 16.3 Å². The Morgan fingerprint density at radius 3 is 3.11 bits per heavy atom. The number of rotatable bonds is 5. The van der Waals surface area contributed by atoms with Gasteiger partial charge in [0, 0.05) is 17.4 Å². The first-order valence-corrected chi connectivity index (χ1v) is 7.67. The van der Waals surface area contributed by atoms with Crippen molar-refractivity contribution in [1.29, 1.82) is 0 Å². The number of thioether (sulfide) groups is 1. The molecule has 3 heterocycles. The molecule has 0 spiro atoms. The van der Waals surface area contributed by atoms with Crippen molar-refractivity contribution >= 4 is 23.1 Å². The van der Waals surface area contributed by atoms with E-state index in [-0.39, 0.29) is 0 Å². The first-order chi connectivity index (χ1) is 9.35. The van der Waals surface area contributed by atoms with Gasteiger partial charge in [0.2, 0.25) is 16.9 Å². The molecule has 0 aliphatic rings. The highest BCUT2D eigenvalue weighted by atomic mass is 32.2. The monoisotopic (exact) mass is 293 g/mol. The Kier molecular flexibility index (Phi) is 3.60. The number of thiophene rings is 1. The maximum atomic E-state index is 5.20. The summed E-state index contributed by atoms with van der Waals surface area (Å²) in [5.41, 5.74) is 0.983. The van der Waals surface area contributed by atoms with Gasteiger partial charge >= 0.3 is 0 Å². The lowest BCUT2D eigenvalue weighted by Crippen LogP contribution is -1.83. The highest BCUT2D eigenvalue weighted by molar-refractivity contribution is 7.98. The number of nitrogens with one attached hydrogen (secondary N) is 1. The normalized spacial score (nSPS) is 11.0. The molecule has 0 fully saturated rings. The lowest BCUT2D eigenvalue weighted by molar-refractivity contribution is 0.391. The van der Waals surface area contributed by atoms with Crippen LogP contribution in [0.3, 0.4) is 0 Å². The zero-order valence-electron chi connectivity index (χ0n) is 10.2. The molecule has 1 N–H and O–H groups in total. The van der Waals surface area contributed by atoms with Gasteiger partial charge in [-0.25, -0.2) is 4.98 Å². The Labute approximate surface area is 117 Å². The standard InChI is InChI=1S/C11H11N5OS2/c1-2-8-12-11(15-14-8)19-6-9-13-10(16-17-9)7-3-4-18-5-7/h3-5H,2,6H2,1H3,(H,12,14,15). The molecule has 0 saturated heterocycles. The maximum absolute atomic E-state index is 5.20. The van der Waals surface area contributed by atoms with Gasteiger partial charge < -0.3 is 4.52 Å². The van der Waals surface area contributed by atoms with Crippen LogP contribution in [0.2, 0.25) is 0 Å². The molecular formula is C11H11N5OS2. The van der Waals surface area contributed by atoms with Crippen molar-refractivity contribution < 1.29 is 4.52 Å². The van der Waals surface area contributed by atoms with E-state index in [0.717, 1.165) is 17.8 Å². The zero-order valence-corrected chi connectivity index (χ0v) is 11.8. The van der Waals surface area contributed by atoms with Crippen molar-refractivity contribution in [2.75, 3.05) is 0 Å². The van der Waals surface area contributed by atoms with Crippen LogP contribution in [0.5, 0.6) is 0 Å². The van der Waals surface area contributed by atoms with E-state index in [1.807, 2.05) is 23.8 Å². The molecule has 0 aliphatic carbocycles. The molecule has 3 rings (SSSR count). The topological polar surface area (TPSA) is 80.5 Å². The summed E-state index contributed by atoms with van der Waals surface area (Å²) in [5, 5.41) is 15.6. The van der Waals surface area contributed by atoms with Gasteiger partial charge in [0.05, 0.1) is 5.75 Å².